The fourth-order valence-corrected chi connectivity index (χ4v) is 5.61. The Kier molecular flexibility index (Phi) is 5.87. The summed E-state index contributed by atoms with van der Waals surface area (Å²) in [4.78, 5) is 10.8. The largest absolute Gasteiger partial charge is 0.480 e. The highest BCUT2D eigenvalue weighted by molar-refractivity contribution is 7.90. The molecular weight excluding hydrogens is 368 g/mol. The summed E-state index contributed by atoms with van der Waals surface area (Å²) in [5, 5.41) is 9.15. The Balaban J connectivity index is 2.35. The van der Waals surface area contributed by atoms with E-state index in [-0.39, 0.29) is 9.79 Å². The van der Waals surface area contributed by atoms with Crippen LogP contribution in [-0.2, 0) is 24.8 Å². The molecule has 0 amide bonds. The van der Waals surface area contributed by atoms with Crippen LogP contribution in [0.25, 0.3) is 0 Å². The number of nitrogens with zero attached hydrogens (tertiary/aromatic N) is 1. The molecule has 8 nitrogen and oxygen atoms in total. The number of sulfonamides is 2. The van der Waals surface area contributed by atoms with Crippen molar-refractivity contribution >= 4 is 26.0 Å². The van der Waals surface area contributed by atoms with Gasteiger partial charge in [0.15, 0.2) is 0 Å². The summed E-state index contributed by atoms with van der Waals surface area (Å²) < 4.78 is 53.5. The number of hydrogen-bond donors (Lipinski definition) is 2. The Hall–Kier alpha value is -1.49. The van der Waals surface area contributed by atoms with Crippen molar-refractivity contribution in [3.63, 3.8) is 0 Å². The number of carboxylic acid groups (broad SMARTS) is 1. The minimum absolute atomic E-state index is 0.117. The predicted octanol–water partition coefficient (Wildman–Crippen LogP) is 0.859. The molecule has 0 spiro atoms. The van der Waals surface area contributed by atoms with E-state index in [2.05, 4.69) is 4.72 Å². The summed E-state index contributed by atoms with van der Waals surface area (Å²) in [7, 11) is -7.93. The second-order valence-corrected chi connectivity index (χ2v) is 9.92. The molecule has 1 aromatic carbocycles. The van der Waals surface area contributed by atoms with Crippen molar-refractivity contribution in [2.24, 2.45) is 5.92 Å². The smallest absolute Gasteiger partial charge is 0.322 e. The molecule has 25 heavy (non-hydrogen) atoms. The number of hydrogen-bond acceptors (Lipinski definition) is 5. The quantitative estimate of drug-likeness (QED) is 0.712. The van der Waals surface area contributed by atoms with Crippen LogP contribution in [0.15, 0.2) is 34.1 Å². The van der Waals surface area contributed by atoms with E-state index < -0.39 is 38.0 Å². The fourth-order valence-electron chi connectivity index (χ4n) is 2.59. The zero-order valence-corrected chi connectivity index (χ0v) is 15.7. The van der Waals surface area contributed by atoms with Crippen LogP contribution >= 0.6 is 0 Å². The maximum absolute atomic E-state index is 12.6. The highest BCUT2D eigenvalue weighted by atomic mass is 32.2. The number of aliphatic carboxylic acids is 1. The van der Waals surface area contributed by atoms with Gasteiger partial charge in [-0.2, -0.15) is 9.03 Å². The van der Waals surface area contributed by atoms with Gasteiger partial charge in [-0.05, 0) is 37.0 Å². The fraction of sp³-hybridized carbons (Fsp3) is 0.533. The average molecular weight is 390 g/mol. The SMILES string of the molecule is CC(C)[C@@H](NS(=O)(=O)c1cccc(S(=O)(=O)N2CCCC2)c1)C(=O)O. The first kappa shape index (κ1) is 19.8. The van der Waals surface area contributed by atoms with Gasteiger partial charge in [-0.15, -0.1) is 0 Å². The van der Waals surface area contributed by atoms with Crippen LogP contribution in [-0.4, -0.2) is 51.3 Å². The van der Waals surface area contributed by atoms with E-state index >= 15 is 0 Å². The monoisotopic (exact) mass is 390 g/mol. The summed E-state index contributed by atoms with van der Waals surface area (Å²) in [5.74, 6) is -1.76. The predicted molar refractivity (Wildman–Crippen MR) is 91.0 cm³/mol. The third-order valence-corrected chi connectivity index (χ3v) is 7.37. The Labute approximate surface area is 147 Å². The van der Waals surface area contributed by atoms with Gasteiger partial charge < -0.3 is 5.11 Å². The van der Waals surface area contributed by atoms with Crippen molar-refractivity contribution in [1.29, 1.82) is 0 Å². The van der Waals surface area contributed by atoms with Crippen LogP contribution in [0.3, 0.4) is 0 Å². The van der Waals surface area contributed by atoms with E-state index in [1.165, 1.54) is 22.5 Å². The number of benzene rings is 1. The highest BCUT2D eigenvalue weighted by Gasteiger charge is 2.31. The van der Waals surface area contributed by atoms with Gasteiger partial charge in [0.2, 0.25) is 20.0 Å². The molecule has 0 radical (unpaired) electrons. The van der Waals surface area contributed by atoms with Crippen LogP contribution in [0.1, 0.15) is 26.7 Å². The first-order valence-corrected chi connectivity index (χ1v) is 10.8. The van der Waals surface area contributed by atoms with E-state index in [0.717, 1.165) is 18.9 Å². The van der Waals surface area contributed by atoms with Crippen LogP contribution in [0.2, 0.25) is 0 Å². The summed E-state index contributed by atoms with van der Waals surface area (Å²) in [5.41, 5.74) is 0. The van der Waals surface area contributed by atoms with Gasteiger partial charge >= 0.3 is 5.97 Å². The molecule has 1 saturated heterocycles. The van der Waals surface area contributed by atoms with Gasteiger partial charge in [-0.25, -0.2) is 16.8 Å². The van der Waals surface area contributed by atoms with E-state index in [9.17, 15) is 21.6 Å². The van der Waals surface area contributed by atoms with E-state index in [1.54, 1.807) is 13.8 Å². The molecule has 0 bridgehead atoms. The molecule has 0 aliphatic carbocycles. The van der Waals surface area contributed by atoms with Gasteiger partial charge in [-0.1, -0.05) is 19.9 Å². The highest BCUT2D eigenvalue weighted by Crippen LogP contribution is 2.23. The first-order valence-electron chi connectivity index (χ1n) is 7.91. The standard InChI is InChI=1S/C15H22N2O6S2/c1-11(2)14(15(18)19)16-24(20,21)12-6-5-7-13(10-12)25(22,23)17-8-3-4-9-17/h5-7,10-11,14,16H,3-4,8-9H2,1-2H3,(H,18,19)/t14-/m1/s1. The van der Waals surface area contributed by atoms with Crippen molar-refractivity contribution in [2.75, 3.05) is 13.1 Å². The average Bonchev–Trinajstić information content (AvgIpc) is 3.07. The number of nitrogens with one attached hydrogen (secondary N) is 1. The molecule has 0 aromatic heterocycles. The zero-order valence-electron chi connectivity index (χ0n) is 14.0. The maximum Gasteiger partial charge on any atom is 0.322 e. The summed E-state index contributed by atoms with van der Waals surface area (Å²) in [6, 6.07) is 3.68. The molecule has 2 rings (SSSR count). The van der Waals surface area contributed by atoms with Crippen LogP contribution in [0, 0.1) is 5.92 Å². The first-order chi connectivity index (χ1) is 11.6. The lowest BCUT2D eigenvalue weighted by Gasteiger charge is -2.19. The molecule has 1 aliphatic rings. The third kappa shape index (κ3) is 4.38. The number of carbonyl (C=O) groups is 1. The molecule has 1 aliphatic heterocycles. The second kappa shape index (κ2) is 7.40. The maximum atomic E-state index is 12.6. The van der Waals surface area contributed by atoms with E-state index in [1.807, 2.05) is 0 Å². The molecule has 1 heterocycles. The summed E-state index contributed by atoms with van der Waals surface area (Å²) >= 11 is 0. The van der Waals surface area contributed by atoms with E-state index in [0.29, 0.717) is 13.1 Å². The molecule has 1 atom stereocenters. The van der Waals surface area contributed by atoms with Crippen molar-refractivity contribution in [3.8, 4) is 0 Å². The van der Waals surface area contributed by atoms with Gasteiger partial charge in [0.1, 0.15) is 6.04 Å². The van der Waals surface area contributed by atoms with Gasteiger partial charge in [-0.3, -0.25) is 4.79 Å². The van der Waals surface area contributed by atoms with Crippen LogP contribution in [0.4, 0.5) is 0 Å². The Bertz CT molecular complexity index is 843. The van der Waals surface area contributed by atoms with Crippen LogP contribution in [0.5, 0.6) is 0 Å². The lowest BCUT2D eigenvalue weighted by molar-refractivity contribution is -0.140. The van der Waals surface area contributed by atoms with Crippen molar-refractivity contribution in [3.05, 3.63) is 24.3 Å². The minimum atomic E-state index is -4.17. The van der Waals surface area contributed by atoms with Gasteiger partial charge in [0, 0.05) is 13.1 Å². The van der Waals surface area contributed by atoms with Crippen LogP contribution < -0.4 is 4.72 Å². The van der Waals surface area contributed by atoms with Crippen molar-refractivity contribution < 1.29 is 26.7 Å². The zero-order chi connectivity index (χ0) is 18.8. The number of rotatable bonds is 7. The lowest BCUT2D eigenvalue weighted by Crippen LogP contribution is -2.44. The van der Waals surface area contributed by atoms with Gasteiger partial charge in [0.05, 0.1) is 9.79 Å². The molecular formula is C15H22N2O6S2. The molecule has 1 fully saturated rings. The normalized spacial score (nSPS) is 17.7. The van der Waals surface area contributed by atoms with Crippen molar-refractivity contribution in [2.45, 2.75) is 42.5 Å². The molecule has 0 saturated carbocycles. The Morgan fingerprint density at radius 2 is 1.68 bits per heavy atom. The summed E-state index contributed by atoms with van der Waals surface area (Å²) in [6.45, 7) is 3.98. The molecule has 140 valence electrons. The molecule has 0 unspecified atom stereocenters. The molecule has 1 aromatic rings. The lowest BCUT2D eigenvalue weighted by atomic mass is 10.1. The van der Waals surface area contributed by atoms with E-state index in [4.69, 9.17) is 5.11 Å². The van der Waals surface area contributed by atoms with Crippen molar-refractivity contribution in [1.82, 2.24) is 9.03 Å². The Morgan fingerprint density at radius 3 is 2.20 bits per heavy atom. The Morgan fingerprint density at radius 1 is 1.12 bits per heavy atom. The number of carboxylic acids is 1. The molecule has 10 heteroatoms. The molecule has 2 N–H and O–H groups in total. The topological polar surface area (TPSA) is 121 Å². The minimum Gasteiger partial charge on any atom is -0.480 e. The second-order valence-electron chi connectivity index (χ2n) is 6.27. The summed E-state index contributed by atoms with van der Waals surface area (Å²) in [6.07, 6.45) is 1.54. The third-order valence-electron chi connectivity index (χ3n) is 4.03. The van der Waals surface area contributed by atoms with Gasteiger partial charge in [0.25, 0.3) is 0 Å².